The molecule has 0 N–H and O–H groups in total. The Morgan fingerprint density at radius 1 is 1.43 bits per heavy atom. The Labute approximate surface area is 136 Å². The fraction of sp³-hybridized carbons (Fsp3) is 0.706. The highest BCUT2D eigenvalue weighted by Crippen LogP contribution is 2.34. The Hall–Kier alpha value is -1.37. The normalized spacial score (nSPS) is 27.8. The molecule has 0 aliphatic carbocycles. The smallest absolute Gasteiger partial charge is 0.258 e. The van der Waals surface area contributed by atoms with Gasteiger partial charge in [0.15, 0.2) is 0 Å². The maximum atomic E-state index is 13.0. The summed E-state index contributed by atoms with van der Waals surface area (Å²) in [5.74, 6) is 1.42. The average Bonchev–Trinajstić information content (AvgIpc) is 3.09. The lowest BCUT2D eigenvalue weighted by Crippen LogP contribution is -2.60. The Morgan fingerprint density at radius 2 is 2.26 bits per heavy atom. The second kappa shape index (κ2) is 6.63. The fourth-order valence-corrected chi connectivity index (χ4v) is 3.50. The van der Waals surface area contributed by atoms with Gasteiger partial charge in [0.25, 0.3) is 5.91 Å². The Morgan fingerprint density at radius 3 is 2.96 bits per heavy atom. The molecule has 23 heavy (non-hydrogen) atoms. The number of rotatable bonds is 4. The van der Waals surface area contributed by atoms with Crippen LogP contribution in [-0.2, 0) is 14.2 Å². The van der Waals surface area contributed by atoms with Gasteiger partial charge < -0.3 is 23.5 Å². The van der Waals surface area contributed by atoms with Crippen LogP contribution in [0.4, 0.5) is 0 Å². The Bertz CT molecular complexity index is 569. The highest BCUT2D eigenvalue weighted by atomic mass is 16.5. The number of aryl methyl sites for hydroxylation is 2. The quantitative estimate of drug-likeness (QED) is 0.847. The van der Waals surface area contributed by atoms with E-state index in [1.54, 1.807) is 0 Å². The van der Waals surface area contributed by atoms with Crippen LogP contribution < -0.4 is 0 Å². The third-order valence-corrected chi connectivity index (χ3v) is 4.62. The molecule has 2 saturated heterocycles. The van der Waals surface area contributed by atoms with Gasteiger partial charge >= 0.3 is 0 Å². The highest BCUT2D eigenvalue weighted by Gasteiger charge is 2.49. The van der Waals surface area contributed by atoms with Gasteiger partial charge in [-0.1, -0.05) is 0 Å². The van der Waals surface area contributed by atoms with E-state index in [4.69, 9.17) is 18.6 Å². The van der Waals surface area contributed by atoms with Crippen molar-refractivity contribution in [2.24, 2.45) is 0 Å². The summed E-state index contributed by atoms with van der Waals surface area (Å²) in [6.45, 7) is 9.01. The van der Waals surface area contributed by atoms with E-state index in [2.05, 4.69) is 0 Å². The number of morpholine rings is 1. The van der Waals surface area contributed by atoms with E-state index in [1.807, 2.05) is 31.7 Å². The lowest BCUT2D eigenvalue weighted by molar-refractivity contribution is -0.0559. The number of carbonyl (C=O) groups is 1. The van der Waals surface area contributed by atoms with Crippen molar-refractivity contribution in [1.29, 1.82) is 0 Å². The van der Waals surface area contributed by atoms with Gasteiger partial charge in [0.2, 0.25) is 0 Å². The predicted molar refractivity (Wildman–Crippen MR) is 83.6 cm³/mol. The van der Waals surface area contributed by atoms with Crippen LogP contribution in [0.25, 0.3) is 0 Å². The highest BCUT2D eigenvalue weighted by molar-refractivity contribution is 5.96. The fourth-order valence-electron chi connectivity index (χ4n) is 3.50. The third kappa shape index (κ3) is 3.16. The van der Waals surface area contributed by atoms with Gasteiger partial charge in [0, 0.05) is 19.6 Å². The minimum atomic E-state index is -0.394. The molecule has 3 rings (SSSR count). The number of ether oxygens (including phenoxy) is 3. The zero-order chi connectivity index (χ0) is 16.4. The molecule has 6 heteroatoms. The lowest BCUT2D eigenvalue weighted by Gasteiger charge is -2.43. The van der Waals surface area contributed by atoms with Crippen molar-refractivity contribution in [2.45, 2.75) is 38.8 Å². The first-order valence-electron chi connectivity index (χ1n) is 8.22. The number of hydrogen-bond donors (Lipinski definition) is 0. The summed E-state index contributed by atoms with van der Waals surface area (Å²) in [6, 6.07) is 1.81. The SMILES string of the molecule is CCOCC1CC2(COCCN2C(=O)c2cc(C)oc2C)CO1. The van der Waals surface area contributed by atoms with Crippen molar-refractivity contribution in [3.63, 3.8) is 0 Å². The summed E-state index contributed by atoms with van der Waals surface area (Å²) in [6.07, 6.45) is 0.758. The average molecular weight is 323 g/mol. The molecule has 0 saturated carbocycles. The largest absolute Gasteiger partial charge is 0.466 e. The number of hydrogen-bond acceptors (Lipinski definition) is 5. The van der Waals surface area contributed by atoms with E-state index in [9.17, 15) is 4.79 Å². The molecule has 2 aliphatic heterocycles. The van der Waals surface area contributed by atoms with E-state index in [1.165, 1.54) is 0 Å². The molecule has 2 unspecified atom stereocenters. The topological polar surface area (TPSA) is 61.1 Å². The maximum Gasteiger partial charge on any atom is 0.258 e. The van der Waals surface area contributed by atoms with E-state index >= 15 is 0 Å². The Kier molecular flexibility index (Phi) is 4.75. The first-order valence-corrected chi connectivity index (χ1v) is 8.22. The number of nitrogens with zero attached hydrogens (tertiary/aromatic N) is 1. The molecule has 3 heterocycles. The summed E-state index contributed by atoms with van der Waals surface area (Å²) in [5, 5.41) is 0. The molecule has 1 amide bonds. The molecule has 2 fully saturated rings. The van der Waals surface area contributed by atoms with Crippen molar-refractivity contribution in [3.05, 3.63) is 23.2 Å². The molecule has 0 bridgehead atoms. The number of amides is 1. The van der Waals surface area contributed by atoms with E-state index in [0.717, 1.165) is 12.2 Å². The monoisotopic (exact) mass is 323 g/mol. The lowest BCUT2D eigenvalue weighted by atomic mass is 9.92. The molecule has 2 atom stereocenters. The first-order chi connectivity index (χ1) is 11.1. The van der Waals surface area contributed by atoms with Crippen molar-refractivity contribution in [3.8, 4) is 0 Å². The van der Waals surface area contributed by atoms with E-state index < -0.39 is 5.54 Å². The van der Waals surface area contributed by atoms with E-state index in [0.29, 0.717) is 50.9 Å². The second-order valence-corrected chi connectivity index (χ2v) is 6.36. The minimum Gasteiger partial charge on any atom is -0.466 e. The van der Waals surface area contributed by atoms with Crippen molar-refractivity contribution in [2.75, 3.05) is 39.6 Å². The maximum absolute atomic E-state index is 13.0. The van der Waals surface area contributed by atoms with Crippen molar-refractivity contribution < 1.29 is 23.4 Å². The van der Waals surface area contributed by atoms with Crippen LogP contribution in [0.2, 0.25) is 0 Å². The number of carbonyl (C=O) groups excluding carboxylic acids is 1. The second-order valence-electron chi connectivity index (χ2n) is 6.36. The van der Waals surface area contributed by atoms with Gasteiger partial charge in [-0.3, -0.25) is 4.79 Å². The van der Waals surface area contributed by atoms with Gasteiger partial charge in [-0.15, -0.1) is 0 Å². The zero-order valence-electron chi connectivity index (χ0n) is 14.1. The van der Waals surface area contributed by atoms with Gasteiger partial charge in [-0.25, -0.2) is 0 Å². The molecule has 1 aromatic heterocycles. The van der Waals surface area contributed by atoms with E-state index in [-0.39, 0.29) is 12.0 Å². The minimum absolute atomic E-state index is 0.00306. The molecule has 2 aliphatic rings. The van der Waals surface area contributed by atoms with Crippen molar-refractivity contribution >= 4 is 5.91 Å². The Balaban J connectivity index is 1.79. The molecular formula is C17H25NO5. The van der Waals surface area contributed by atoms with Crippen LogP contribution in [0.1, 0.15) is 35.2 Å². The molecule has 0 radical (unpaired) electrons. The zero-order valence-corrected chi connectivity index (χ0v) is 14.1. The van der Waals surface area contributed by atoms with Gasteiger partial charge in [0.05, 0.1) is 43.6 Å². The summed E-state index contributed by atoms with van der Waals surface area (Å²) in [4.78, 5) is 15.0. The first kappa shape index (κ1) is 16.5. The third-order valence-electron chi connectivity index (χ3n) is 4.62. The summed E-state index contributed by atoms with van der Waals surface area (Å²) >= 11 is 0. The van der Waals surface area contributed by atoms with Crippen LogP contribution in [0.3, 0.4) is 0 Å². The standard InChI is InChI=1S/C17H25NO5/c1-4-20-9-14-8-17(11-22-14)10-21-6-5-18(17)16(19)15-7-12(2)23-13(15)3/h7,14H,4-6,8-11H2,1-3H3. The summed E-state index contributed by atoms with van der Waals surface area (Å²) in [5.41, 5.74) is 0.242. The molecule has 1 aromatic rings. The predicted octanol–water partition coefficient (Wildman–Crippen LogP) is 1.93. The van der Waals surface area contributed by atoms with Gasteiger partial charge in [0.1, 0.15) is 11.5 Å². The van der Waals surface area contributed by atoms with Crippen LogP contribution in [0.15, 0.2) is 10.5 Å². The molecule has 0 aromatic carbocycles. The summed E-state index contributed by atoms with van der Waals surface area (Å²) in [7, 11) is 0. The molecule has 128 valence electrons. The van der Waals surface area contributed by atoms with Crippen LogP contribution in [-0.4, -0.2) is 62.0 Å². The van der Waals surface area contributed by atoms with Crippen molar-refractivity contribution in [1.82, 2.24) is 4.90 Å². The van der Waals surface area contributed by atoms with Crippen LogP contribution >= 0.6 is 0 Å². The summed E-state index contributed by atoms with van der Waals surface area (Å²) < 4.78 is 22.5. The van der Waals surface area contributed by atoms with Gasteiger partial charge in [-0.05, 0) is 26.8 Å². The van der Waals surface area contributed by atoms with Gasteiger partial charge in [-0.2, -0.15) is 0 Å². The van der Waals surface area contributed by atoms with Crippen LogP contribution in [0.5, 0.6) is 0 Å². The number of furan rings is 1. The molecule has 1 spiro atoms. The molecular weight excluding hydrogens is 298 g/mol. The molecule has 6 nitrogen and oxygen atoms in total. The van der Waals surface area contributed by atoms with Crippen LogP contribution in [0, 0.1) is 13.8 Å².